The number of piperazine rings is 1. The summed E-state index contributed by atoms with van der Waals surface area (Å²) >= 11 is 0. The summed E-state index contributed by atoms with van der Waals surface area (Å²) in [6, 6.07) is 13.3. The highest BCUT2D eigenvalue weighted by Gasteiger charge is 2.47. The lowest BCUT2D eigenvalue weighted by molar-refractivity contribution is -0.136. The van der Waals surface area contributed by atoms with Crippen molar-refractivity contribution in [2.45, 2.75) is 25.0 Å². The maximum absolute atomic E-state index is 12.9. The van der Waals surface area contributed by atoms with Crippen LogP contribution >= 0.6 is 0 Å². The number of hydrogen-bond acceptors (Lipinski definition) is 5. The van der Waals surface area contributed by atoms with Crippen molar-refractivity contribution in [1.82, 2.24) is 14.8 Å². The van der Waals surface area contributed by atoms with E-state index in [1.54, 1.807) is 17.3 Å². The Balaban J connectivity index is 1.52. The molecule has 3 heterocycles. The summed E-state index contributed by atoms with van der Waals surface area (Å²) in [5, 5.41) is 0. The van der Waals surface area contributed by atoms with E-state index in [1.165, 1.54) is 0 Å². The third-order valence-corrected chi connectivity index (χ3v) is 7.12. The molecule has 0 spiro atoms. The molecular weight excluding hydrogens is 362 g/mol. The molecule has 6 nitrogen and oxygen atoms in total. The quantitative estimate of drug-likeness (QED) is 0.789. The van der Waals surface area contributed by atoms with Crippen LogP contribution in [0.5, 0.6) is 0 Å². The molecule has 142 valence electrons. The summed E-state index contributed by atoms with van der Waals surface area (Å²) in [6.45, 7) is 1.95. The number of aromatic nitrogens is 1. The highest BCUT2D eigenvalue weighted by Crippen LogP contribution is 2.28. The second-order valence-electron chi connectivity index (χ2n) is 7.29. The van der Waals surface area contributed by atoms with Gasteiger partial charge in [0.1, 0.15) is 0 Å². The first-order chi connectivity index (χ1) is 13.0. The Kier molecular flexibility index (Phi) is 4.97. The van der Waals surface area contributed by atoms with Crippen LogP contribution in [0.15, 0.2) is 54.9 Å². The molecule has 0 N–H and O–H groups in total. The molecule has 1 amide bonds. The van der Waals surface area contributed by atoms with Crippen molar-refractivity contribution in [2.75, 3.05) is 24.6 Å². The summed E-state index contributed by atoms with van der Waals surface area (Å²) < 4.78 is 24.7. The first-order valence-electron chi connectivity index (χ1n) is 9.19. The van der Waals surface area contributed by atoms with E-state index in [-0.39, 0.29) is 35.9 Å². The van der Waals surface area contributed by atoms with E-state index in [1.807, 2.05) is 30.3 Å². The number of hydrogen-bond donors (Lipinski definition) is 0. The second kappa shape index (κ2) is 7.40. The molecule has 1 aromatic heterocycles. The number of nitrogens with zero attached hydrogens (tertiary/aromatic N) is 3. The van der Waals surface area contributed by atoms with E-state index in [9.17, 15) is 13.2 Å². The van der Waals surface area contributed by atoms with Crippen LogP contribution in [0.4, 0.5) is 0 Å². The van der Waals surface area contributed by atoms with Crippen molar-refractivity contribution >= 4 is 15.7 Å². The highest BCUT2D eigenvalue weighted by atomic mass is 32.2. The molecule has 0 saturated carbocycles. The van der Waals surface area contributed by atoms with Crippen LogP contribution in [0.1, 0.15) is 11.1 Å². The first kappa shape index (κ1) is 18.1. The largest absolute Gasteiger partial charge is 0.336 e. The summed E-state index contributed by atoms with van der Waals surface area (Å²) in [6.07, 6.45) is 3.62. The van der Waals surface area contributed by atoms with E-state index in [2.05, 4.69) is 22.0 Å². The van der Waals surface area contributed by atoms with Crippen molar-refractivity contribution < 1.29 is 13.2 Å². The number of carbonyl (C=O) groups is 1. The number of amides is 1. The fraction of sp³-hybridized carbons (Fsp3) is 0.400. The van der Waals surface area contributed by atoms with Gasteiger partial charge in [-0.15, -0.1) is 0 Å². The molecule has 0 unspecified atom stereocenters. The minimum Gasteiger partial charge on any atom is -0.336 e. The molecule has 2 atom stereocenters. The lowest BCUT2D eigenvalue weighted by atomic mass is 10.0. The lowest BCUT2D eigenvalue weighted by Crippen LogP contribution is -2.60. The number of fused-ring (bicyclic) bond motifs is 1. The predicted molar refractivity (Wildman–Crippen MR) is 103 cm³/mol. The maximum atomic E-state index is 12.9. The Morgan fingerprint density at radius 1 is 1.00 bits per heavy atom. The van der Waals surface area contributed by atoms with E-state index < -0.39 is 9.84 Å². The van der Waals surface area contributed by atoms with Gasteiger partial charge in [0.05, 0.1) is 24.0 Å². The van der Waals surface area contributed by atoms with Gasteiger partial charge in [-0.1, -0.05) is 36.4 Å². The molecule has 7 heteroatoms. The molecule has 1 aromatic carbocycles. The van der Waals surface area contributed by atoms with Crippen molar-refractivity contribution in [3.05, 3.63) is 66.0 Å². The summed E-state index contributed by atoms with van der Waals surface area (Å²) in [7, 11) is -3.14. The molecule has 0 bridgehead atoms. The van der Waals surface area contributed by atoms with Crippen LogP contribution in [0.3, 0.4) is 0 Å². The molecular formula is C20H23N3O3S. The zero-order valence-electron chi connectivity index (χ0n) is 15.1. The van der Waals surface area contributed by atoms with Gasteiger partial charge in [0, 0.05) is 38.1 Å². The Bertz CT molecular complexity index is 903. The fourth-order valence-electron chi connectivity index (χ4n) is 4.13. The first-order valence-corrected chi connectivity index (χ1v) is 11.0. The fourth-order valence-corrected chi connectivity index (χ4v) is 6.14. The minimum absolute atomic E-state index is 0.0190. The van der Waals surface area contributed by atoms with Crippen molar-refractivity contribution in [2.24, 2.45) is 0 Å². The van der Waals surface area contributed by atoms with E-state index in [4.69, 9.17) is 0 Å². The monoisotopic (exact) mass is 385 g/mol. The zero-order valence-corrected chi connectivity index (χ0v) is 15.9. The number of rotatable bonds is 4. The minimum atomic E-state index is -3.14. The van der Waals surface area contributed by atoms with Crippen LogP contribution in [0.25, 0.3) is 0 Å². The van der Waals surface area contributed by atoms with Gasteiger partial charge in [-0.25, -0.2) is 8.42 Å². The molecule has 2 saturated heterocycles. The number of benzene rings is 1. The Morgan fingerprint density at radius 3 is 2.48 bits per heavy atom. The van der Waals surface area contributed by atoms with Crippen molar-refractivity contribution in [1.29, 1.82) is 0 Å². The summed E-state index contributed by atoms with van der Waals surface area (Å²) in [4.78, 5) is 20.9. The third-order valence-electron chi connectivity index (χ3n) is 5.42. The van der Waals surface area contributed by atoms with Gasteiger partial charge in [0.2, 0.25) is 5.91 Å². The van der Waals surface area contributed by atoms with Crippen molar-refractivity contribution in [3.63, 3.8) is 0 Å². The molecule has 2 fully saturated rings. The normalized spacial score (nSPS) is 24.5. The number of pyridine rings is 1. The molecule has 2 aliphatic rings. The standard InChI is InChI=1S/C20H23N3O3S/c24-20(11-17-7-4-8-21-12-17)23-10-9-22(13-16-5-2-1-3-6-16)18-14-27(25,26)15-19(18)23/h1-8,12,18-19H,9-11,13-15H2/t18-,19+/m1/s1. The zero-order chi connectivity index (χ0) is 18.9. The number of sulfone groups is 1. The molecule has 0 aliphatic carbocycles. The predicted octanol–water partition coefficient (Wildman–Crippen LogP) is 1.13. The molecule has 27 heavy (non-hydrogen) atoms. The van der Waals surface area contributed by atoms with Crippen molar-refractivity contribution in [3.8, 4) is 0 Å². The van der Waals surface area contributed by atoms with Gasteiger partial charge >= 0.3 is 0 Å². The smallest absolute Gasteiger partial charge is 0.227 e. The third kappa shape index (κ3) is 4.04. The average Bonchev–Trinajstić information content (AvgIpc) is 2.99. The molecule has 2 aliphatic heterocycles. The van der Waals surface area contributed by atoms with Crippen LogP contribution in [0, 0.1) is 0 Å². The molecule has 4 rings (SSSR count). The topological polar surface area (TPSA) is 70.6 Å². The number of carbonyl (C=O) groups excluding carboxylic acids is 1. The van der Waals surface area contributed by atoms with Crippen LogP contribution < -0.4 is 0 Å². The van der Waals surface area contributed by atoms with E-state index in [0.717, 1.165) is 11.1 Å². The van der Waals surface area contributed by atoms with Crippen LogP contribution in [-0.2, 0) is 27.6 Å². The van der Waals surface area contributed by atoms with E-state index in [0.29, 0.717) is 19.6 Å². The lowest BCUT2D eigenvalue weighted by Gasteiger charge is -2.44. The van der Waals surface area contributed by atoms with Gasteiger partial charge in [-0.2, -0.15) is 0 Å². The van der Waals surface area contributed by atoms with Gasteiger partial charge < -0.3 is 4.90 Å². The average molecular weight is 385 g/mol. The molecule has 2 aromatic rings. The summed E-state index contributed by atoms with van der Waals surface area (Å²) in [5.41, 5.74) is 2.02. The summed E-state index contributed by atoms with van der Waals surface area (Å²) in [5.74, 6) is 0.164. The molecule has 0 radical (unpaired) electrons. The SMILES string of the molecule is O=C(Cc1cccnc1)N1CCN(Cc2ccccc2)[C@@H]2CS(=O)(=O)C[C@@H]21. The highest BCUT2D eigenvalue weighted by molar-refractivity contribution is 7.91. The Labute approximate surface area is 159 Å². The Morgan fingerprint density at radius 2 is 1.74 bits per heavy atom. The van der Waals surface area contributed by atoms with Gasteiger partial charge in [-0.3, -0.25) is 14.7 Å². The van der Waals surface area contributed by atoms with Gasteiger partial charge in [-0.05, 0) is 17.2 Å². The van der Waals surface area contributed by atoms with Crippen LogP contribution in [0.2, 0.25) is 0 Å². The van der Waals surface area contributed by atoms with Crippen LogP contribution in [-0.4, -0.2) is 65.8 Å². The Hall–Kier alpha value is -2.25. The van der Waals surface area contributed by atoms with Gasteiger partial charge in [0.15, 0.2) is 9.84 Å². The van der Waals surface area contributed by atoms with Gasteiger partial charge in [0.25, 0.3) is 0 Å². The second-order valence-corrected chi connectivity index (χ2v) is 9.45. The van der Waals surface area contributed by atoms with E-state index >= 15 is 0 Å². The maximum Gasteiger partial charge on any atom is 0.227 e.